The van der Waals surface area contributed by atoms with Crippen molar-refractivity contribution in [1.29, 1.82) is 0 Å². The Morgan fingerprint density at radius 2 is 1.72 bits per heavy atom. The van der Waals surface area contributed by atoms with E-state index in [1.165, 1.54) is 11.8 Å². The molecule has 1 aliphatic heterocycles. The summed E-state index contributed by atoms with van der Waals surface area (Å²) >= 11 is 1.40. The summed E-state index contributed by atoms with van der Waals surface area (Å²) in [5.74, 6) is 0. The summed E-state index contributed by atoms with van der Waals surface area (Å²) in [4.78, 5) is 0. The number of ether oxygens (including phenoxy) is 4. The van der Waals surface area contributed by atoms with Crippen LogP contribution in [0, 0.1) is 0 Å². The Morgan fingerprint density at radius 3 is 2.28 bits per heavy atom. The van der Waals surface area contributed by atoms with E-state index in [9.17, 15) is 5.11 Å². The normalized spacial score (nSPS) is 34.6. The van der Waals surface area contributed by atoms with Crippen molar-refractivity contribution in [1.82, 2.24) is 0 Å². The maximum atomic E-state index is 10.3. The SMILES string of the molecule is C/C1=C\C(OC(O)SC(C)(C)C)CC2OCOC2CC1OC(C)(C)C. The number of rotatable bonds is 4. The van der Waals surface area contributed by atoms with Crippen LogP contribution in [-0.4, -0.2) is 52.3 Å². The summed E-state index contributed by atoms with van der Waals surface area (Å²) < 4.78 is 23.6. The van der Waals surface area contributed by atoms with Gasteiger partial charge in [-0.1, -0.05) is 38.6 Å². The van der Waals surface area contributed by atoms with Crippen LogP contribution >= 0.6 is 11.8 Å². The van der Waals surface area contributed by atoms with Gasteiger partial charge in [0.1, 0.15) is 6.79 Å². The summed E-state index contributed by atoms with van der Waals surface area (Å²) in [5.41, 5.74) is -0.00985. The summed E-state index contributed by atoms with van der Waals surface area (Å²) in [7, 11) is 0. The smallest absolute Gasteiger partial charge is 0.205 e. The maximum Gasteiger partial charge on any atom is 0.205 e. The van der Waals surface area contributed by atoms with E-state index in [-0.39, 0.29) is 34.8 Å². The average molecular weight is 375 g/mol. The van der Waals surface area contributed by atoms with Crippen molar-refractivity contribution in [2.24, 2.45) is 0 Å². The molecule has 2 aliphatic rings. The predicted octanol–water partition coefficient (Wildman–Crippen LogP) is 3.84. The molecule has 0 aromatic rings. The number of hydrogen-bond donors (Lipinski definition) is 1. The summed E-state index contributed by atoms with van der Waals surface area (Å²) in [5, 5.41) is 10.3. The average Bonchev–Trinajstić information content (AvgIpc) is 2.79. The molecule has 0 saturated carbocycles. The fourth-order valence-electron chi connectivity index (χ4n) is 3.11. The van der Waals surface area contributed by atoms with Crippen LogP contribution in [-0.2, 0) is 18.9 Å². The van der Waals surface area contributed by atoms with Crippen LogP contribution < -0.4 is 0 Å². The van der Waals surface area contributed by atoms with Gasteiger partial charge in [-0.15, -0.1) is 0 Å². The predicted molar refractivity (Wildman–Crippen MR) is 100 cm³/mol. The Balaban J connectivity index is 2.14. The van der Waals surface area contributed by atoms with Crippen molar-refractivity contribution >= 4 is 11.8 Å². The van der Waals surface area contributed by atoms with Gasteiger partial charge in [0.2, 0.25) is 5.62 Å². The van der Waals surface area contributed by atoms with E-state index in [1.54, 1.807) is 0 Å². The fraction of sp³-hybridized carbons (Fsp3) is 0.895. The van der Waals surface area contributed by atoms with E-state index in [4.69, 9.17) is 18.9 Å². The molecule has 1 fully saturated rings. The van der Waals surface area contributed by atoms with E-state index >= 15 is 0 Å². The topological polar surface area (TPSA) is 57.2 Å². The van der Waals surface area contributed by atoms with Gasteiger partial charge < -0.3 is 24.1 Å². The second kappa shape index (κ2) is 8.28. The Kier molecular flexibility index (Phi) is 7.02. The van der Waals surface area contributed by atoms with Crippen molar-refractivity contribution in [3.63, 3.8) is 0 Å². The van der Waals surface area contributed by atoms with Gasteiger partial charge in [0.15, 0.2) is 0 Å². The Morgan fingerprint density at radius 1 is 1.12 bits per heavy atom. The highest BCUT2D eigenvalue weighted by atomic mass is 32.2. The molecule has 6 heteroatoms. The first-order valence-corrected chi connectivity index (χ1v) is 9.91. The van der Waals surface area contributed by atoms with Gasteiger partial charge in [-0.05, 0) is 33.3 Å². The molecule has 0 amide bonds. The summed E-state index contributed by atoms with van der Waals surface area (Å²) in [6.07, 6.45) is 3.20. The van der Waals surface area contributed by atoms with E-state index in [0.717, 1.165) is 12.0 Å². The number of aliphatic hydroxyl groups excluding tert-OH is 1. The molecule has 0 aromatic carbocycles. The lowest BCUT2D eigenvalue weighted by molar-refractivity contribution is -0.0871. The third-order valence-electron chi connectivity index (χ3n) is 4.09. The minimum Gasteiger partial charge on any atom is -0.368 e. The van der Waals surface area contributed by atoms with Gasteiger partial charge >= 0.3 is 0 Å². The van der Waals surface area contributed by atoms with Crippen molar-refractivity contribution < 1.29 is 24.1 Å². The largest absolute Gasteiger partial charge is 0.368 e. The van der Waals surface area contributed by atoms with Crippen LogP contribution in [0.15, 0.2) is 11.6 Å². The molecule has 0 radical (unpaired) electrons. The highest BCUT2D eigenvalue weighted by Gasteiger charge is 2.37. The molecule has 0 spiro atoms. The third kappa shape index (κ3) is 7.19. The monoisotopic (exact) mass is 374 g/mol. The zero-order chi connectivity index (χ0) is 18.8. The number of aliphatic hydroxyl groups is 1. The maximum absolute atomic E-state index is 10.3. The molecule has 1 aliphatic carbocycles. The second-order valence-electron chi connectivity index (χ2n) is 8.84. The van der Waals surface area contributed by atoms with Gasteiger partial charge in [0.05, 0.1) is 30.0 Å². The third-order valence-corrected chi connectivity index (χ3v) is 5.11. The molecule has 5 atom stereocenters. The molecule has 1 heterocycles. The van der Waals surface area contributed by atoms with Crippen molar-refractivity contribution in [2.75, 3.05) is 6.79 Å². The van der Waals surface area contributed by atoms with Crippen LogP contribution in [0.2, 0.25) is 0 Å². The van der Waals surface area contributed by atoms with E-state index in [0.29, 0.717) is 13.2 Å². The molecular formula is C19H34O5S. The Bertz CT molecular complexity index is 465. The minimum atomic E-state index is -0.878. The quantitative estimate of drug-likeness (QED) is 0.596. The first-order valence-electron chi connectivity index (χ1n) is 9.04. The zero-order valence-corrected chi connectivity index (χ0v) is 17.4. The Hall–Kier alpha value is -0.110. The summed E-state index contributed by atoms with van der Waals surface area (Å²) in [6, 6.07) is 0. The molecule has 1 N–H and O–H groups in total. The fourth-order valence-corrected chi connectivity index (χ4v) is 3.91. The summed E-state index contributed by atoms with van der Waals surface area (Å²) in [6.45, 7) is 14.7. The van der Waals surface area contributed by atoms with Crippen LogP contribution in [0.5, 0.6) is 0 Å². The number of fused-ring (bicyclic) bond motifs is 1. The molecule has 5 unspecified atom stereocenters. The lowest BCUT2D eigenvalue weighted by atomic mass is 9.92. The standard InChI is InChI=1S/C19H34O5S/c1-12-8-13(23-17(20)25-19(5,6)7)9-15-16(22-11-21-15)10-14(12)24-18(2,3)4/h8,13-17,20H,9-11H2,1-7H3/b12-8+. The lowest BCUT2D eigenvalue weighted by Gasteiger charge is -2.34. The van der Waals surface area contributed by atoms with Gasteiger partial charge in [-0.2, -0.15) is 0 Å². The van der Waals surface area contributed by atoms with Crippen LogP contribution in [0.25, 0.3) is 0 Å². The molecule has 2 rings (SSSR count). The molecule has 0 bridgehead atoms. The lowest BCUT2D eigenvalue weighted by Crippen LogP contribution is -2.38. The molecule has 0 aromatic heterocycles. The second-order valence-corrected chi connectivity index (χ2v) is 10.7. The molecule has 146 valence electrons. The zero-order valence-electron chi connectivity index (χ0n) is 16.6. The van der Waals surface area contributed by atoms with E-state index in [1.807, 2.05) is 0 Å². The minimum absolute atomic E-state index is 0.00508. The first kappa shape index (κ1) is 21.2. The van der Waals surface area contributed by atoms with Crippen molar-refractivity contribution in [3.8, 4) is 0 Å². The van der Waals surface area contributed by atoms with Crippen molar-refractivity contribution in [2.45, 2.75) is 102 Å². The van der Waals surface area contributed by atoms with Gasteiger partial charge in [0.25, 0.3) is 0 Å². The van der Waals surface area contributed by atoms with E-state index in [2.05, 4.69) is 54.5 Å². The Labute approximate surface area is 156 Å². The van der Waals surface area contributed by atoms with Crippen molar-refractivity contribution in [3.05, 3.63) is 11.6 Å². The van der Waals surface area contributed by atoms with Crippen LogP contribution in [0.3, 0.4) is 0 Å². The van der Waals surface area contributed by atoms with Crippen LogP contribution in [0.4, 0.5) is 0 Å². The highest BCUT2D eigenvalue weighted by molar-refractivity contribution is 8.00. The van der Waals surface area contributed by atoms with E-state index < -0.39 is 5.62 Å². The number of hydrogen-bond acceptors (Lipinski definition) is 6. The van der Waals surface area contributed by atoms with Gasteiger partial charge in [0, 0.05) is 17.6 Å². The molecule has 5 nitrogen and oxygen atoms in total. The molecule has 25 heavy (non-hydrogen) atoms. The first-order chi connectivity index (χ1) is 11.4. The van der Waals surface area contributed by atoms with Gasteiger partial charge in [-0.3, -0.25) is 0 Å². The number of thioether (sulfide) groups is 1. The van der Waals surface area contributed by atoms with Crippen LogP contribution in [0.1, 0.15) is 61.3 Å². The molecular weight excluding hydrogens is 340 g/mol. The molecule has 1 saturated heterocycles. The highest BCUT2D eigenvalue weighted by Crippen LogP contribution is 2.33. The van der Waals surface area contributed by atoms with Gasteiger partial charge in [-0.25, -0.2) is 0 Å².